The van der Waals surface area contributed by atoms with Crippen LogP contribution in [0.4, 0.5) is 0 Å². The Kier molecular flexibility index (Phi) is 4.13. The average Bonchev–Trinajstić information content (AvgIpc) is 2.97. The minimum absolute atomic E-state index is 0.0867. The highest BCUT2D eigenvalue weighted by Gasteiger charge is 2.06. The number of nitrogens with zero attached hydrogens (tertiary/aromatic N) is 1. The van der Waals surface area contributed by atoms with Crippen LogP contribution in [0.15, 0.2) is 60.0 Å². The maximum Gasteiger partial charge on any atom is 0.0976 e. The Bertz CT molecular complexity index is 700. The molecule has 1 heterocycles. The Labute approximate surface area is 129 Å². The molecule has 0 aliphatic heterocycles. The summed E-state index contributed by atoms with van der Waals surface area (Å²) in [4.78, 5) is 4.73. The van der Waals surface area contributed by atoms with Crippen molar-refractivity contribution in [3.63, 3.8) is 0 Å². The summed E-state index contributed by atoms with van der Waals surface area (Å²) in [5.41, 5.74) is 10.5. The first kappa shape index (κ1) is 14.0. The first-order valence-electron chi connectivity index (χ1n) is 7.06. The summed E-state index contributed by atoms with van der Waals surface area (Å²) in [6, 6.07) is 18.9. The summed E-state index contributed by atoms with van der Waals surface area (Å²) in [5, 5.41) is 3.27. The quantitative estimate of drug-likeness (QED) is 0.773. The minimum Gasteiger partial charge on any atom is -0.324 e. The van der Waals surface area contributed by atoms with Crippen LogP contribution < -0.4 is 5.73 Å². The average molecular weight is 294 g/mol. The van der Waals surface area contributed by atoms with Crippen LogP contribution in [0.25, 0.3) is 11.3 Å². The van der Waals surface area contributed by atoms with Crippen molar-refractivity contribution in [1.29, 1.82) is 0 Å². The maximum absolute atomic E-state index is 5.87. The van der Waals surface area contributed by atoms with E-state index in [-0.39, 0.29) is 6.04 Å². The third kappa shape index (κ3) is 3.38. The molecule has 2 N–H and O–H groups in total. The summed E-state index contributed by atoms with van der Waals surface area (Å²) >= 11 is 1.71. The van der Waals surface area contributed by atoms with Gasteiger partial charge in [0.15, 0.2) is 0 Å². The third-order valence-electron chi connectivity index (χ3n) is 3.48. The fraction of sp³-hybridized carbons (Fsp3) is 0.167. The van der Waals surface area contributed by atoms with Gasteiger partial charge < -0.3 is 5.73 Å². The highest BCUT2D eigenvalue weighted by molar-refractivity contribution is 7.10. The smallest absolute Gasteiger partial charge is 0.0976 e. The molecule has 1 atom stereocenters. The number of thiazole rings is 1. The van der Waals surface area contributed by atoms with Crippen molar-refractivity contribution < 1.29 is 0 Å². The van der Waals surface area contributed by atoms with Crippen molar-refractivity contribution in [2.45, 2.75) is 19.4 Å². The topological polar surface area (TPSA) is 38.9 Å². The molecule has 0 aliphatic carbocycles. The van der Waals surface area contributed by atoms with Crippen molar-refractivity contribution in [2.75, 3.05) is 0 Å². The highest BCUT2D eigenvalue weighted by atomic mass is 32.1. The third-order valence-corrected chi connectivity index (χ3v) is 4.33. The molecule has 2 nitrogen and oxygen atoms in total. The van der Waals surface area contributed by atoms with Crippen LogP contribution in [-0.4, -0.2) is 4.98 Å². The summed E-state index contributed by atoms with van der Waals surface area (Å²) in [7, 11) is 0. The lowest BCUT2D eigenvalue weighted by molar-refractivity contribution is 0.817. The number of nitrogens with two attached hydrogens (primary N) is 1. The van der Waals surface area contributed by atoms with E-state index in [1.54, 1.807) is 11.3 Å². The zero-order chi connectivity index (χ0) is 14.7. The van der Waals surface area contributed by atoms with Gasteiger partial charge in [0, 0.05) is 23.4 Å². The number of hydrogen-bond acceptors (Lipinski definition) is 3. The van der Waals surface area contributed by atoms with E-state index in [9.17, 15) is 0 Å². The number of benzene rings is 2. The van der Waals surface area contributed by atoms with Crippen LogP contribution in [0.3, 0.4) is 0 Å². The van der Waals surface area contributed by atoms with Gasteiger partial charge in [0.25, 0.3) is 0 Å². The van der Waals surface area contributed by atoms with Gasteiger partial charge in [-0.05, 0) is 18.1 Å². The summed E-state index contributed by atoms with van der Waals surface area (Å²) in [5.74, 6) is 0. The van der Waals surface area contributed by atoms with Gasteiger partial charge in [-0.1, -0.05) is 54.6 Å². The fourth-order valence-electron chi connectivity index (χ4n) is 2.25. The van der Waals surface area contributed by atoms with E-state index in [1.807, 2.05) is 25.1 Å². The molecule has 1 unspecified atom stereocenters. The molecule has 21 heavy (non-hydrogen) atoms. The molecule has 3 heteroatoms. The first-order chi connectivity index (χ1) is 10.2. The lowest BCUT2D eigenvalue weighted by atomic mass is 10.1. The van der Waals surface area contributed by atoms with Crippen molar-refractivity contribution in [3.05, 3.63) is 76.1 Å². The van der Waals surface area contributed by atoms with Crippen LogP contribution in [-0.2, 0) is 6.42 Å². The number of hydrogen-bond donors (Lipinski definition) is 1. The summed E-state index contributed by atoms with van der Waals surface area (Å²) in [6.07, 6.45) is 0.872. The van der Waals surface area contributed by atoms with E-state index in [4.69, 9.17) is 10.7 Å². The molecule has 0 amide bonds. The van der Waals surface area contributed by atoms with E-state index < -0.39 is 0 Å². The van der Waals surface area contributed by atoms with Crippen molar-refractivity contribution in [1.82, 2.24) is 4.98 Å². The van der Waals surface area contributed by atoms with Gasteiger partial charge in [-0.3, -0.25) is 0 Å². The first-order valence-corrected chi connectivity index (χ1v) is 7.94. The van der Waals surface area contributed by atoms with Crippen molar-refractivity contribution in [3.8, 4) is 11.3 Å². The van der Waals surface area contributed by atoms with Gasteiger partial charge in [-0.2, -0.15) is 0 Å². The Morgan fingerprint density at radius 3 is 2.43 bits per heavy atom. The Morgan fingerprint density at radius 2 is 1.76 bits per heavy atom. The molecule has 0 saturated carbocycles. The van der Waals surface area contributed by atoms with Gasteiger partial charge in [-0.15, -0.1) is 11.3 Å². The molecule has 0 radical (unpaired) electrons. The van der Waals surface area contributed by atoms with E-state index in [0.29, 0.717) is 0 Å². The molecule has 0 saturated heterocycles. The standard InChI is InChI=1S/C18H18N2S/c1-13(19)15-9-7-14(8-10-15)11-18-20-17(12-21-18)16-5-3-2-4-6-16/h2-10,12-13H,11,19H2,1H3. The van der Waals surface area contributed by atoms with E-state index in [2.05, 4.69) is 41.8 Å². The fourth-order valence-corrected chi connectivity index (χ4v) is 3.08. The number of aromatic nitrogens is 1. The highest BCUT2D eigenvalue weighted by Crippen LogP contribution is 2.23. The Hall–Kier alpha value is -1.97. The molecule has 2 aromatic carbocycles. The molecule has 0 bridgehead atoms. The van der Waals surface area contributed by atoms with Crippen molar-refractivity contribution >= 4 is 11.3 Å². The predicted octanol–water partition coefficient (Wildman–Crippen LogP) is 4.42. The largest absolute Gasteiger partial charge is 0.324 e. The van der Waals surface area contributed by atoms with Gasteiger partial charge in [0.2, 0.25) is 0 Å². The van der Waals surface area contributed by atoms with Gasteiger partial charge in [0.05, 0.1) is 10.7 Å². The van der Waals surface area contributed by atoms with Crippen molar-refractivity contribution in [2.24, 2.45) is 5.73 Å². The van der Waals surface area contributed by atoms with Gasteiger partial charge >= 0.3 is 0 Å². The molecule has 0 fully saturated rings. The number of rotatable bonds is 4. The second-order valence-corrected chi connectivity index (χ2v) is 6.14. The lowest BCUT2D eigenvalue weighted by Crippen LogP contribution is -2.04. The van der Waals surface area contributed by atoms with E-state index >= 15 is 0 Å². The Morgan fingerprint density at radius 1 is 1.05 bits per heavy atom. The van der Waals surface area contributed by atoms with E-state index in [0.717, 1.165) is 17.1 Å². The summed E-state index contributed by atoms with van der Waals surface area (Å²) in [6.45, 7) is 2.00. The van der Waals surface area contributed by atoms with Crippen LogP contribution in [0.1, 0.15) is 29.1 Å². The molecular formula is C18H18N2S. The monoisotopic (exact) mass is 294 g/mol. The van der Waals surface area contributed by atoms with Crippen LogP contribution >= 0.6 is 11.3 Å². The molecule has 1 aromatic heterocycles. The van der Waals surface area contributed by atoms with Gasteiger partial charge in [-0.25, -0.2) is 4.98 Å². The summed E-state index contributed by atoms with van der Waals surface area (Å²) < 4.78 is 0. The Balaban J connectivity index is 1.75. The van der Waals surface area contributed by atoms with Crippen LogP contribution in [0.5, 0.6) is 0 Å². The zero-order valence-corrected chi connectivity index (χ0v) is 12.8. The second kappa shape index (κ2) is 6.20. The SMILES string of the molecule is CC(N)c1ccc(Cc2nc(-c3ccccc3)cs2)cc1. The van der Waals surface area contributed by atoms with Crippen LogP contribution in [0.2, 0.25) is 0 Å². The van der Waals surface area contributed by atoms with Crippen LogP contribution in [0, 0.1) is 0 Å². The molecule has 3 rings (SSSR count). The van der Waals surface area contributed by atoms with E-state index in [1.165, 1.54) is 16.7 Å². The lowest BCUT2D eigenvalue weighted by Gasteiger charge is -2.06. The molecule has 0 aliphatic rings. The minimum atomic E-state index is 0.0867. The van der Waals surface area contributed by atoms with Gasteiger partial charge in [0.1, 0.15) is 0 Å². The molecule has 106 valence electrons. The predicted molar refractivity (Wildman–Crippen MR) is 89.4 cm³/mol. The zero-order valence-electron chi connectivity index (χ0n) is 12.0. The second-order valence-electron chi connectivity index (χ2n) is 5.20. The molecule has 3 aromatic rings. The maximum atomic E-state index is 5.87. The molecular weight excluding hydrogens is 276 g/mol. The normalized spacial score (nSPS) is 12.3. The molecule has 0 spiro atoms.